The molecule has 0 saturated carbocycles. The van der Waals surface area contributed by atoms with Crippen LogP contribution >= 0.6 is 0 Å². The molecule has 0 aliphatic carbocycles. The van der Waals surface area contributed by atoms with Gasteiger partial charge in [-0.25, -0.2) is 0 Å². The van der Waals surface area contributed by atoms with Gasteiger partial charge in [-0.15, -0.1) is 0 Å². The smallest absolute Gasteiger partial charge is 0.134 e. The Hall–Kier alpha value is -2.06. The number of hydrogen-bond acceptors (Lipinski definition) is 2. The summed E-state index contributed by atoms with van der Waals surface area (Å²) in [6, 6.07) is 15.1. The van der Waals surface area contributed by atoms with Crippen LogP contribution < -0.4 is 5.32 Å². The Balaban J connectivity index is 2.13. The highest BCUT2D eigenvalue weighted by Crippen LogP contribution is 2.31. The summed E-state index contributed by atoms with van der Waals surface area (Å²) in [6.45, 7) is 7.34. The van der Waals surface area contributed by atoms with Crippen molar-refractivity contribution in [3.63, 3.8) is 0 Å². The third-order valence-corrected chi connectivity index (χ3v) is 3.81. The van der Waals surface area contributed by atoms with Gasteiger partial charge in [-0.3, -0.25) is 0 Å². The number of fused-ring (bicyclic) bond motifs is 1. The average molecular weight is 279 g/mol. The molecule has 1 atom stereocenters. The molecule has 21 heavy (non-hydrogen) atoms. The van der Waals surface area contributed by atoms with Crippen molar-refractivity contribution in [2.24, 2.45) is 0 Å². The van der Waals surface area contributed by atoms with Gasteiger partial charge in [0.05, 0.1) is 12.3 Å². The second-order valence-corrected chi connectivity index (χ2v) is 5.60. The van der Waals surface area contributed by atoms with Crippen LogP contribution in [0, 0.1) is 13.8 Å². The molecule has 0 amide bonds. The molecular weight excluding hydrogens is 258 g/mol. The first-order valence-electron chi connectivity index (χ1n) is 7.46. The summed E-state index contributed by atoms with van der Waals surface area (Å²) in [4.78, 5) is 0. The largest absolute Gasteiger partial charge is 0.464 e. The van der Waals surface area contributed by atoms with Gasteiger partial charge in [0, 0.05) is 10.9 Å². The number of para-hydroxylation sites is 1. The van der Waals surface area contributed by atoms with Crippen molar-refractivity contribution < 1.29 is 4.42 Å². The fourth-order valence-corrected chi connectivity index (χ4v) is 3.01. The van der Waals surface area contributed by atoms with Crippen LogP contribution in [0.15, 0.2) is 53.1 Å². The number of nitrogens with one attached hydrogen (secondary N) is 1. The van der Waals surface area contributed by atoms with Crippen LogP contribution in [0.5, 0.6) is 0 Å². The summed E-state index contributed by atoms with van der Waals surface area (Å²) >= 11 is 0. The zero-order chi connectivity index (χ0) is 14.8. The quantitative estimate of drug-likeness (QED) is 0.745. The molecule has 0 aliphatic rings. The second kappa shape index (κ2) is 5.74. The van der Waals surface area contributed by atoms with E-state index in [-0.39, 0.29) is 6.04 Å². The molecule has 2 heteroatoms. The summed E-state index contributed by atoms with van der Waals surface area (Å²) in [6.07, 6.45) is 1.88. The van der Waals surface area contributed by atoms with Gasteiger partial charge in [0.2, 0.25) is 0 Å². The molecule has 0 spiro atoms. The molecule has 108 valence electrons. The molecular formula is C19H21NO. The Kier molecular flexibility index (Phi) is 3.80. The van der Waals surface area contributed by atoms with Crippen molar-refractivity contribution >= 4 is 11.0 Å². The lowest BCUT2D eigenvalue weighted by Gasteiger charge is -2.19. The number of benzene rings is 2. The fraction of sp³-hybridized carbons (Fsp3) is 0.263. The zero-order valence-corrected chi connectivity index (χ0v) is 12.8. The number of hydrogen-bond donors (Lipinski definition) is 1. The van der Waals surface area contributed by atoms with Crippen molar-refractivity contribution in [2.45, 2.75) is 26.8 Å². The van der Waals surface area contributed by atoms with Gasteiger partial charge in [-0.1, -0.05) is 54.4 Å². The van der Waals surface area contributed by atoms with Gasteiger partial charge in [-0.2, -0.15) is 0 Å². The molecule has 1 aromatic heterocycles. The molecule has 0 fully saturated rings. The molecule has 3 rings (SSSR count). The van der Waals surface area contributed by atoms with E-state index in [4.69, 9.17) is 4.42 Å². The zero-order valence-electron chi connectivity index (χ0n) is 12.8. The molecule has 1 heterocycles. The number of rotatable bonds is 4. The van der Waals surface area contributed by atoms with E-state index in [1.165, 1.54) is 27.6 Å². The first-order valence-corrected chi connectivity index (χ1v) is 7.46. The van der Waals surface area contributed by atoms with Crippen LogP contribution in [-0.4, -0.2) is 6.54 Å². The molecule has 3 aromatic rings. The lowest BCUT2D eigenvalue weighted by atomic mass is 9.95. The summed E-state index contributed by atoms with van der Waals surface area (Å²) in [5, 5.41) is 4.77. The minimum Gasteiger partial charge on any atom is -0.464 e. The van der Waals surface area contributed by atoms with Crippen molar-refractivity contribution in [1.82, 2.24) is 5.32 Å². The van der Waals surface area contributed by atoms with E-state index >= 15 is 0 Å². The van der Waals surface area contributed by atoms with Crippen LogP contribution in [0.2, 0.25) is 0 Å². The minimum atomic E-state index is 0.164. The first kappa shape index (κ1) is 13.9. The normalized spacial score (nSPS) is 12.7. The van der Waals surface area contributed by atoms with E-state index in [0.717, 1.165) is 12.1 Å². The highest BCUT2D eigenvalue weighted by molar-refractivity contribution is 5.82. The summed E-state index contributed by atoms with van der Waals surface area (Å²) in [7, 11) is 0. The maximum Gasteiger partial charge on any atom is 0.134 e. The lowest BCUT2D eigenvalue weighted by molar-refractivity contribution is 0.584. The van der Waals surface area contributed by atoms with E-state index in [9.17, 15) is 0 Å². The maximum atomic E-state index is 5.72. The molecule has 0 saturated heterocycles. The van der Waals surface area contributed by atoms with Gasteiger partial charge >= 0.3 is 0 Å². The third kappa shape index (κ3) is 2.72. The topological polar surface area (TPSA) is 25.2 Å². The average Bonchev–Trinajstić information content (AvgIpc) is 2.87. The summed E-state index contributed by atoms with van der Waals surface area (Å²) < 4.78 is 5.72. The molecule has 0 radical (unpaired) electrons. The molecule has 1 unspecified atom stereocenters. The Labute approximate surface area is 125 Å². The van der Waals surface area contributed by atoms with Crippen molar-refractivity contribution in [3.8, 4) is 0 Å². The van der Waals surface area contributed by atoms with Gasteiger partial charge in [0.1, 0.15) is 5.58 Å². The Morgan fingerprint density at radius 2 is 1.76 bits per heavy atom. The van der Waals surface area contributed by atoms with E-state index in [1.807, 2.05) is 18.4 Å². The Bertz CT molecular complexity index is 737. The lowest BCUT2D eigenvalue weighted by Crippen LogP contribution is -2.22. The standard InChI is InChI=1S/C19H21NO/c1-4-20-19(15-10-13(2)9-14(3)11-15)17-12-21-18-8-6-5-7-16(17)18/h5-12,19-20H,4H2,1-3H3. The monoisotopic (exact) mass is 279 g/mol. The van der Waals surface area contributed by atoms with E-state index < -0.39 is 0 Å². The first-order chi connectivity index (χ1) is 10.2. The molecule has 0 bridgehead atoms. The predicted octanol–water partition coefficient (Wildman–Crippen LogP) is 4.75. The van der Waals surface area contributed by atoms with Crippen molar-refractivity contribution in [1.29, 1.82) is 0 Å². The van der Waals surface area contributed by atoms with Crippen LogP contribution in [-0.2, 0) is 0 Å². The molecule has 0 aliphatic heterocycles. The van der Waals surface area contributed by atoms with Crippen molar-refractivity contribution in [3.05, 3.63) is 71.0 Å². The SMILES string of the molecule is CCNC(c1cc(C)cc(C)c1)c1coc2ccccc12. The highest BCUT2D eigenvalue weighted by Gasteiger charge is 2.18. The summed E-state index contributed by atoms with van der Waals surface area (Å²) in [5.74, 6) is 0. The van der Waals surface area contributed by atoms with Crippen LogP contribution in [0.1, 0.15) is 35.2 Å². The maximum absolute atomic E-state index is 5.72. The van der Waals surface area contributed by atoms with Gasteiger partial charge in [0.15, 0.2) is 0 Å². The van der Waals surface area contributed by atoms with Crippen LogP contribution in [0.4, 0.5) is 0 Å². The number of furan rings is 1. The minimum absolute atomic E-state index is 0.164. The Morgan fingerprint density at radius 3 is 2.48 bits per heavy atom. The van der Waals surface area contributed by atoms with E-state index in [0.29, 0.717) is 0 Å². The van der Waals surface area contributed by atoms with Gasteiger partial charge < -0.3 is 9.73 Å². The molecule has 2 aromatic carbocycles. The van der Waals surface area contributed by atoms with Gasteiger partial charge in [0.25, 0.3) is 0 Å². The Morgan fingerprint density at radius 1 is 1.05 bits per heavy atom. The van der Waals surface area contributed by atoms with Crippen LogP contribution in [0.3, 0.4) is 0 Å². The van der Waals surface area contributed by atoms with E-state index in [2.05, 4.69) is 56.4 Å². The second-order valence-electron chi connectivity index (χ2n) is 5.60. The summed E-state index contributed by atoms with van der Waals surface area (Å²) in [5.41, 5.74) is 6.03. The molecule has 2 nitrogen and oxygen atoms in total. The molecule has 1 N–H and O–H groups in total. The fourth-order valence-electron chi connectivity index (χ4n) is 3.01. The number of aryl methyl sites for hydroxylation is 2. The van der Waals surface area contributed by atoms with Crippen molar-refractivity contribution in [2.75, 3.05) is 6.54 Å². The predicted molar refractivity (Wildman–Crippen MR) is 87.6 cm³/mol. The third-order valence-electron chi connectivity index (χ3n) is 3.81. The highest BCUT2D eigenvalue weighted by atomic mass is 16.3. The van der Waals surface area contributed by atoms with E-state index in [1.54, 1.807) is 0 Å². The van der Waals surface area contributed by atoms with Crippen LogP contribution in [0.25, 0.3) is 11.0 Å². The van der Waals surface area contributed by atoms with Gasteiger partial charge in [-0.05, 0) is 32.0 Å².